The van der Waals surface area contributed by atoms with Crippen LogP contribution in [0.3, 0.4) is 0 Å². The number of halogens is 2. The largest absolute Gasteiger partial charge is 0.483 e. The Morgan fingerprint density at radius 1 is 1.36 bits per heavy atom. The molecule has 3 heterocycles. The molecule has 28 heavy (non-hydrogen) atoms. The van der Waals surface area contributed by atoms with Crippen molar-refractivity contribution < 1.29 is 9.53 Å². The molecule has 4 rings (SSSR count). The minimum atomic E-state index is -0.522. The minimum absolute atomic E-state index is 0.239. The van der Waals surface area contributed by atoms with Gasteiger partial charge < -0.3 is 10.1 Å². The zero-order chi connectivity index (χ0) is 19.9. The minimum Gasteiger partial charge on any atom is -0.483 e. The fraction of sp³-hybridized carbons (Fsp3) is 0.333. The van der Waals surface area contributed by atoms with Crippen molar-refractivity contribution >= 4 is 51.3 Å². The summed E-state index contributed by atoms with van der Waals surface area (Å²) in [6, 6.07) is 5.05. The lowest BCUT2D eigenvalue weighted by Gasteiger charge is -2.40. The van der Waals surface area contributed by atoms with Gasteiger partial charge in [-0.15, -0.1) is 4.80 Å². The number of urea groups is 1. The predicted molar refractivity (Wildman–Crippen MR) is 111 cm³/mol. The van der Waals surface area contributed by atoms with Gasteiger partial charge in [-0.3, -0.25) is 4.90 Å². The number of carbonyl (C=O) groups excluding carboxylic acids is 1. The van der Waals surface area contributed by atoms with Crippen molar-refractivity contribution in [2.75, 3.05) is 11.4 Å². The second kappa shape index (κ2) is 7.21. The van der Waals surface area contributed by atoms with E-state index in [9.17, 15) is 4.79 Å². The van der Waals surface area contributed by atoms with Gasteiger partial charge >= 0.3 is 6.03 Å². The van der Waals surface area contributed by atoms with Crippen LogP contribution in [0.4, 0.5) is 10.5 Å². The zero-order valence-corrected chi connectivity index (χ0v) is 17.6. The third-order valence-corrected chi connectivity index (χ3v) is 5.28. The van der Waals surface area contributed by atoms with Crippen LogP contribution in [0.1, 0.15) is 20.3 Å². The number of ether oxygens (including phenoxy) is 1. The number of fused-ring (bicyclic) bond motifs is 1. The number of amides is 2. The molecular weight excluding hydrogens is 448 g/mol. The van der Waals surface area contributed by atoms with Gasteiger partial charge in [0.05, 0.1) is 40.2 Å². The van der Waals surface area contributed by atoms with E-state index in [1.54, 1.807) is 23.5 Å². The summed E-state index contributed by atoms with van der Waals surface area (Å²) in [6.45, 7) is 4.31. The summed E-state index contributed by atoms with van der Waals surface area (Å²) in [7, 11) is 0. The highest BCUT2D eigenvalue weighted by Gasteiger charge is 2.36. The van der Waals surface area contributed by atoms with Crippen LogP contribution in [0.25, 0.3) is 5.82 Å². The van der Waals surface area contributed by atoms with Crippen LogP contribution in [-0.4, -0.2) is 45.4 Å². The number of aliphatic imine (C=N–C) groups is 1. The van der Waals surface area contributed by atoms with Crippen molar-refractivity contribution in [2.45, 2.75) is 31.9 Å². The maximum absolute atomic E-state index is 13.0. The first-order valence-corrected chi connectivity index (χ1v) is 9.86. The predicted octanol–water partition coefficient (Wildman–Crippen LogP) is 3.64. The lowest BCUT2D eigenvalue weighted by Crippen LogP contribution is -2.54. The molecule has 2 aromatic rings. The maximum Gasteiger partial charge on any atom is 0.322 e. The summed E-state index contributed by atoms with van der Waals surface area (Å²) >= 11 is 9.86. The average molecular weight is 466 g/mol. The Bertz CT molecular complexity index is 972. The van der Waals surface area contributed by atoms with Gasteiger partial charge in [0, 0.05) is 12.6 Å². The fourth-order valence-electron chi connectivity index (χ4n) is 3.14. The van der Waals surface area contributed by atoms with Gasteiger partial charge in [-0.1, -0.05) is 17.7 Å². The third-order valence-electron chi connectivity index (χ3n) is 4.33. The van der Waals surface area contributed by atoms with E-state index in [1.807, 2.05) is 32.0 Å². The van der Waals surface area contributed by atoms with Gasteiger partial charge in [-0.25, -0.2) is 9.79 Å². The average Bonchev–Trinajstić information content (AvgIpc) is 3.16. The number of nitrogens with one attached hydrogen (secondary N) is 1. The van der Waals surface area contributed by atoms with E-state index in [0.717, 1.165) is 4.47 Å². The Labute approximate surface area is 175 Å². The standard InChI is InChI=1S/C18H18BrClN6O2/c1-18(2)10-25(14-5-3-4-12(19)15(14)28-18)17(27)24-11-8-13(20)16(21-9-11)26-22-6-7-23-26/h3-7,9,11H,8,10H2,1-2H3,(H,24,27). The summed E-state index contributed by atoms with van der Waals surface area (Å²) in [5, 5.41) is 11.5. The van der Waals surface area contributed by atoms with Gasteiger partial charge in [0.1, 0.15) is 5.60 Å². The van der Waals surface area contributed by atoms with E-state index in [1.165, 1.54) is 4.80 Å². The van der Waals surface area contributed by atoms with Crippen LogP contribution in [0.5, 0.6) is 5.75 Å². The van der Waals surface area contributed by atoms with Crippen molar-refractivity contribution in [3.8, 4) is 5.75 Å². The Hall–Kier alpha value is -2.39. The molecule has 0 spiro atoms. The van der Waals surface area contributed by atoms with Crippen LogP contribution in [0, 0.1) is 0 Å². The molecule has 2 aliphatic rings. The molecule has 0 saturated heterocycles. The Morgan fingerprint density at radius 2 is 2.11 bits per heavy atom. The van der Waals surface area contributed by atoms with Crippen molar-refractivity contribution in [2.24, 2.45) is 4.99 Å². The summed E-state index contributed by atoms with van der Waals surface area (Å²) in [4.78, 5) is 20.4. The van der Waals surface area contributed by atoms with E-state index < -0.39 is 5.60 Å². The molecule has 0 saturated carbocycles. The highest BCUT2D eigenvalue weighted by Crippen LogP contribution is 2.42. The van der Waals surface area contributed by atoms with E-state index >= 15 is 0 Å². The zero-order valence-electron chi connectivity index (χ0n) is 15.3. The van der Waals surface area contributed by atoms with Gasteiger partial charge in [0.15, 0.2) is 11.6 Å². The van der Waals surface area contributed by atoms with Crippen molar-refractivity contribution in [1.29, 1.82) is 0 Å². The number of rotatable bonds is 2. The first-order valence-electron chi connectivity index (χ1n) is 8.69. The van der Waals surface area contributed by atoms with Crippen LogP contribution in [-0.2, 0) is 0 Å². The molecule has 1 N–H and O–H groups in total. The summed E-state index contributed by atoms with van der Waals surface area (Å²) in [5.41, 5.74) is 0.188. The van der Waals surface area contributed by atoms with E-state index in [0.29, 0.717) is 35.3 Å². The molecule has 1 aromatic heterocycles. The van der Waals surface area contributed by atoms with Gasteiger partial charge in [0.25, 0.3) is 0 Å². The first-order chi connectivity index (χ1) is 13.3. The number of para-hydroxylation sites is 1. The monoisotopic (exact) mass is 464 g/mol. The van der Waals surface area contributed by atoms with E-state index in [4.69, 9.17) is 16.3 Å². The molecule has 0 aliphatic carbocycles. The Kier molecular flexibility index (Phi) is 4.88. The fourth-order valence-corrected chi connectivity index (χ4v) is 3.87. The third kappa shape index (κ3) is 3.64. The maximum atomic E-state index is 13.0. The number of hydrogen-bond donors (Lipinski definition) is 1. The number of anilines is 1. The quantitative estimate of drug-likeness (QED) is 0.734. The second-order valence-electron chi connectivity index (χ2n) is 7.12. The Morgan fingerprint density at radius 3 is 2.82 bits per heavy atom. The molecule has 1 aromatic carbocycles. The summed E-state index contributed by atoms with van der Waals surface area (Å²) in [6.07, 6.45) is 5.16. The van der Waals surface area contributed by atoms with Crippen LogP contribution < -0.4 is 15.0 Å². The van der Waals surface area contributed by atoms with E-state index in [2.05, 4.69) is 36.4 Å². The normalized spacial score (nSPS) is 20.6. The number of nitrogens with zero attached hydrogens (tertiary/aromatic N) is 5. The molecule has 2 aliphatic heterocycles. The molecule has 0 bridgehead atoms. The lowest BCUT2D eigenvalue weighted by atomic mass is 10.1. The number of carbonyl (C=O) groups is 1. The molecule has 8 nitrogen and oxygen atoms in total. The summed E-state index contributed by atoms with van der Waals surface area (Å²) in [5.74, 6) is 1.11. The van der Waals surface area contributed by atoms with Crippen LogP contribution in [0.2, 0.25) is 0 Å². The van der Waals surface area contributed by atoms with Gasteiger partial charge in [-0.05, 0) is 41.9 Å². The smallest absolute Gasteiger partial charge is 0.322 e. The summed E-state index contributed by atoms with van der Waals surface area (Å²) < 4.78 is 6.86. The topological polar surface area (TPSA) is 84.6 Å². The highest BCUT2D eigenvalue weighted by atomic mass is 79.9. The molecule has 146 valence electrons. The molecule has 2 amide bonds. The lowest BCUT2D eigenvalue weighted by molar-refractivity contribution is 0.105. The molecular formula is C18H18BrClN6O2. The van der Waals surface area contributed by atoms with Gasteiger partial charge in [-0.2, -0.15) is 10.2 Å². The molecule has 0 fully saturated rings. The van der Waals surface area contributed by atoms with Crippen molar-refractivity contribution in [3.05, 3.63) is 40.1 Å². The second-order valence-corrected chi connectivity index (χ2v) is 8.43. The molecule has 0 radical (unpaired) electrons. The van der Waals surface area contributed by atoms with Crippen LogP contribution in [0.15, 0.2) is 45.1 Å². The number of aromatic nitrogens is 3. The SMILES string of the molecule is CC1(C)CN(C(=O)NC2C=NC(n3nccn3)=C(Cl)C2)c2cccc(Br)c2O1. The molecule has 10 heteroatoms. The number of benzene rings is 1. The van der Waals surface area contributed by atoms with Crippen molar-refractivity contribution in [3.63, 3.8) is 0 Å². The first kappa shape index (κ1) is 18.9. The Balaban J connectivity index is 1.52. The van der Waals surface area contributed by atoms with Crippen molar-refractivity contribution in [1.82, 2.24) is 20.3 Å². The van der Waals surface area contributed by atoms with Crippen LogP contribution >= 0.6 is 27.5 Å². The van der Waals surface area contributed by atoms with Gasteiger partial charge in [0.2, 0.25) is 0 Å². The van der Waals surface area contributed by atoms with E-state index in [-0.39, 0.29) is 12.1 Å². The highest BCUT2D eigenvalue weighted by molar-refractivity contribution is 9.10. The molecule has 1 unspecified atom stereocenters. The molecule has 1 atom stereocenters. The number of hydrogen-bond acceptors (Lipinski definition) is 5.